The summed E-state index contributed by atoms with van der Waals surface area (Å²) in [5, 5.41) is 3.30. The van der Waals surface area contributed by atoms with Gasteiger partial charge in [-0.25, -0.2) is 0 Å². The molecule has 0 amide bonds. The molecule has 1 unspecified atom stereocenters. The van der Waals surface area contributed by atoms with E-state index in [-0.39, 0.29) is 11.8 Å². The molecule has 1 aromatic rings. The molecule has 1 fully saturated rings. The molecular weight excluding hydrogens is 226 g/mol. The Morgan fingerprint density at radius 2 is 2.11 bits per heavy atom. The fourth-order valence-corrected chi connectivity index (χ4v) is 2.15. The van der Waals surface area contributed by atoms with Gasteiger partial charge in [0.2, 0.25) is 0 Å². The predicted molar refractivity (Wildman–Crippen MR) is 72.1 cm³/mol. The number of ether oxygens (including phenoxy) is 1. The highest BCUT2D eigenvalue weighted by atomic mass is 16.5. The van der Waals surface area contributed by atoms with Gasteiger partial charge in [0.25, 0.3) is 0 Å². The van der Waals surface area contributed by atoms with Crippen LogP contribution < -0.4 is 5.32 Å². The molecule has 1 saturated heterocycles. The van der Waals surface area contributed by atoms with Crippen LogP contribution in [0.5, 0.6) is 0 Å². The number of rotatable bonds is 4. The second kappa shape index (κ2) is 6.12. The first-order valence-corrected chi connectivity index (χ1v) is 6.61. The fourth-order valence-electron chi connectivity index (χ4n) is 2.15. The van der Waals surface area contributed by atoms with Crippen molar-refractivity contribution in [2.24, 2.45) is 0 Å². The zero-order valence-corrected chi connectivity index (χ0v) is 11.1. The van der Waals surface area contributed by atoms with Gasteiger partial charge in [0.1, 0.15) is 0 Å². The second-order valence-corrected chi connectivity index (χ2v) is 5.13. The summed E-state index contributed by atoms with van der Waals surface area (Å²) in [4.78, 5) is 12.1. The molecule has 1 atom stereocenters. The Hall–Kier alpha value is -1.19. The molecule has 0 saturated carbocycles. The minimum Gasteiger partial charge on any atom is -0.378 e. The van der Waals surface area contributed by atoms with Gasteiger partial charge < -0.3 is 10.1 Å². The summed E-state index contributed by atoms with van der Waals surface area (Å²) in [6.45, 7) is 6.52. The van der Waals surface area contributed by atoms with Crippen molar-refractivity contribution in [3.63, 3.8) is 0 Å². The Morgan fingerprint density at radius 3 is 2.67 bits per heavy atom. The van der Waals surface area contributed by atoms with E-state index in [4.69, 9.17) is 4.74 Å². The smallest absolute Gasteiger partial charge is 0.164 e. The quantitative estimate of drug-likeness (QED) is 0.830. The summed E-state index contributed by atoms with van der Waals surface area (Å²) in [7, 11) is 0. The molecule has 0 bridgehead atoms. The van der Waals surface area contributed by atoms with Gasteiger partial charge in [-0.1, -0.05) is 38.1 Å². The maximum atomic E-state index is 12.1. The van der Waals surface area contributed by atoms with Crippen LogP contribution in [-0.4, -0.2) is 31.6 Å². The first-order valence-electron chi connectivity index (χ1n) is 6.61. The fraction of sp³-hybridized carbons (Fsp3) is 0.533. The monoisotopic (exact) mass is 247 g/mol. The van der Waals surface area contributed by atoms with Crippen molar-refractivity contribution in [2.45, 2.75) is 32.2 Å². The van der Waals surface area contributed by atoms with Gasteiger partial charge in [-0.05, 0) is 11.5 Å². The number of nitrogens with one attached hydrogen (secondary N) is 1. The van der Waals surface area contributed by atoms with Crippen molar-refractivity contribution < 1.29 is 9.53 Å². The summed E-state index contributed by atoms with van der Waals surface area (Å²) in [6.07, 6.45) is 0.515. The Morgan fingerprint density at radius 1 is 1.39 bits per heavy atom. The van der Waals surface area contributed by atoms with E-state index in [1.165, 1.54) is 5.56 Å². The van der Waals surface area contributed by atoms with Crippen molar-refractivity contribution in [1.29, 1.82) is 0 Å². The van der Waals surface area contributed by atoms with Gasteiger partial charge in [0, 0.05) is 24.6 Å². The number of Topliss-reactive ketones (excluding diaryl/α,β-unsaturated/α-hetero) is 1. The average molecular weight is 247 g/mol. The van der Waals surface area contributed by atoms with Crippen molar-refractivity contribution in [3.8, 4) is 0 Å². The third-order valence-electron chi connectivity index (χ3n) is 3.33. The summed E-state index contributed by atoms with van der Waals surface area (Å²) < 4.78 is 5.35. The Kier molecular flexibility index (Phi) is 4.50. The van der Waals surface area contributed by atoms with E-state index in [9.17, 15) is 4.79 Å². The molecule has 3 heteroatoms. The van der Waals surface area contributed by atoms with Crippen LogP contribution in [0.15, 0.2) is 24.3 Å². The average Bonchev–Trinajstić information content (AvgIpc) is 2.40. The first-order chi connectivity index (χ1) is 8.66. The molecule has 2 rings (SSSR count). The van der Waals surface area contributed by atoms with E-state index >= 15 is 0 Å². The minimum absolute atomic E-state index is 0.163. The zero-order valence-electron chi connectivity index (χ0n) is 11.1. The van der Waals surface area contributed by atoms with Gasteiger partial charge in [-0.3, -0.25) is 4.79 Å². The minimum atomic E-state index is 0.163. The van der Waals surface area contributed by atoms with Crippen molar-refractivity contribution in [2.75, 3.05) is 19.8 Å². The molecule has 0 radical (unpaired) electrons. The van der Waals surface area contributed by atoms with Gasteiger partial charge in [0.05, 0.1) is 13.2 Å². The lowest BCUT2D eigenvalue weighted by Gasteiger charge is -2.23. The Balaban J connectivity index is 1.95. The third kappa shape index (κ3) is 3.40. The molecule has 1 heterocycles. The molecule has 0 aliphatic carbocycles. The van der Waals surface area contributed by atoms with Gasteiger partial charge in [-0.15, -0.1) is 0 Å². The summed E-state index contributed by atoms with van der Waals surface area (Å²) >= 11 is 0. The molecule has 1 aromatic carbocycles. The molecule has 3 nitrogen and oxygen atoms in total. The van der Waals surface area contributed by atoms with Gasteiger partial charge >= 0.3 is 0 Å². The molecule has 0 aromatic heterocycles. The molecule has 1 N–H and O–H groups in total. The second-order valence-electron chi connectivity index (χ2n) is 5.13. The number of morpholine rings is 1. The summed E-state index contributed by atoms with van der Waals surface area (Å²) in [5.41, 5.74) is 2.07. The van der Waals surface area contributed by atoms with Crippen molar-refractivity contribution >= 4 is 5.78 Å². The lowest BCUT2D eigenvalue weighted by Crippen LogP contribution is -2.42. The number of hydrogen-bond donors (Lipinski definition) is 1. The van der Waals surface area contributed by atoms with E-state index in [0.717, 1.165) is 18.7 Å². The highest BCUT2D eigenvalue weighted by molar-refractivity contribution is 5.96. The van der Waals surface area contributed by atoms with Crippen molar-refractivity contribution in [1.82, 2.24) is 5.32 Å². The normalized spacial score (nSPS) is 20.1. The van der Waals surface area contributed by atoms with Crippen LogP contribution in [0, 0.1) is 0 Å². The number of benzene rings is 1. The van der Waals surface area contributed by atoms with E-state index in [1.807, 2.05) is 24.3 Å². The largest absolute Gasteiger partial charge is 0.378 e. The predicted octanol–water partition coefficient (Wildman–Crippen LogP) is 2.37. The number of carbonyl (C=O) groups excluding carboxylic acids is 1. The standard InChI is InChI=1S/C15H21NO2/c1-11(2)12-3-5-13(6-4-12)15(17)9-14-10-18-8-7-16-14/h3-6,11,14,16H,7-10H2,1-2H3. The lowest BCUT2D eigenvalue weighted by atomic mass is 9.98. The van der Waals surface area contributed by atoms with Crippen LogP contribution in [0.1, 0.15) is 42.1 Å². The van der Waals surface area contributed by atoms with E-state index in [1.54, 1.807) is 0 Å². The van der Waals surface area contributed by atoms with Crippen LogP contribution in [0.2, 0.25) is 0 Å². The maximum Gasteiger partial charge on any atom is 0.164 e. The van der Waals surface area contributed by atoms with Gasteiger partial charge in [-0.2, -0.15) is 0 Å². The Bertz CT molecular complexity index is 391. The number of hydrogen-bond acceptors (Lipinski definition) is 3. The molecule has 1 aliphatic rings. The lowest BCUT2D eigenvalue weighted by molar-refractivity contribution is 0.0676. The summed E-state index contributed by atoms with van der Waals surface area (Å²) in [5.74, 6) is 0.691. The highest BCUT2D eigenvalue weighted by Gasteiger charge is 2.17. The van der Waals surface area contributed by atoms with E-state index < -0.39 is 0 Å². The van der Waals surface area contributed by atoms with Gasteiger partial charge in [0.15, 0.2) is 5.78 Å². The maximum absolute atomic E-state index is 12.1. The van der Waals surface area contributed by atoms with E-state index in [2.05, 4.69) is 19.2 Å². The first kappa shape index (κ1) is 13.2. The highest BCUT2D eigenvalue weighted by Crippen LogP contribution is 2.16. The summed E-state index contributed by atoms with van der Waals surface area (Å²) in [6, 6.07) is 8.12. The van der Waals surface area contributed by atoms with Crippen LogP contribution in [0.3, 0.4) is 0 Å². The zero-order chi connectivity index (χ0) is 13.0. The number of carbonyl (C=O) groups is 1. The molecule has 1 aliphatic heterocycles. The molecule has 98 valence electrons. The third-order valence-corrected chi connectivity index (χ3v) is 3.33. The van der Waals surface area contributed by atoms with Crippen LogP contribution in [-0.2, 0) is 4.74 Å². The Labute approximate surface area is 109 Å². The molecule has 18 heavy (non-hydrogen) atoms. The topological polar surface area (TPSA) is 38.3 Å². The molecular formula is C15H21NO2. The van der Waals surface area contributed by atoms with E-state index in [0.29, 0.717) is 18.9 Å². The van der Waals surface area contributed by atoms with Crippen LogP contribution in [0.25, 0.3) is 0 Å². The molecule has 0 spiro atoms. The SMILES string of the molecule is CC(C)c1ccc(C(=O)CC2COCCN2)cc1. The number of ketones is 1. The van der Waals surface area contributed by atoms with Crippen molar-refractivity contribution in [3.05, 3.63) is 35.4 Å². The van der Waals surface area contributed by atoms with Crippen LogP contribution in [0.4, 0.5) is 0 Å². The van der Waals surface area contributed by atoms with Crippen LogP contribution >= 0.6 is 0 Å².